The van der Waals surface area contributed by atoms with Gasteiger partial charge in [0.15, 0.2) is 5.69 Å². The number of rotatable bonds is 6. The standard InChI is InChI=1S/C17H26N4O4/c1-10(11-4-6-21(7-5-11)17(24)13(18)9-22)19-16(23)14-8-15(25-20-14)12-2-3-12/h8,10-13,22H,2-7,9,18H2,1H3,(H,19,23)/t10?,13-/m1/s1. The van der Waals surface area contributed by atoms with Crippen LogP contribution in [0.4, 0.5) is 0 Å². The summed E-state index contributed by atoms with van der Waals surface area (Å²) in [7, 11) is 0. The Balaban J connectivity index is 1.47. The van der Waals surface area contributed by atoms with Crippen molar-refractivity contribution < 1.29 is 19.2 Å². The third-order valence-electron chi connectivity index (χ3n) is 5.17. The van der Waals surface area contributed by atoms with Gasteiger partial charge in [0.2, 0.25) is 5.91 Å². The van der Waals surface area contributed by atoms with Gasteiger partial charge >= 0.3 is 0 Å². The van der Waals surface area contributed by atoms with Gasteiger partial charge in [-0.1, -0.05) is 5.16 Å². The van der Waals surface area contributed by atoms with E-state index in [0.717, 1.165) is 31.4 Å². The van der Waals surface area contributed by atoms with Crippen molar-refractivity contribution in [3.63, 3.8) is 0 Å². The van der Waals surface area contributed by atoms with Gasteiger partial charge in [0.1, 0.15) is 11.8 Å². The van der Waals surface area contributed by atoms with Gasteiger partial charge < -0.3 is 25.6 Å². The van der Waals surface area contributed by atoms with Gasteiger partial charge in [-0.15, -0.1) is 0 Å². The minimum Gasteiger partial charge on any atom is -0.394 e. The van der Waals surface area contributed by atoms with Crippen LogP contribution in [-0.2, 0) is 4.79 Å². The summed E-state index contributed by atoms with van der Waals surface area (Å²) in [5, 5.41) is 15.8. The molecule has 2 fully saturated rings. The lowest BCUT2D eigenvalue weighted by molar-refractivity contribution is -0.135. The number of amides is 2. The molecule has 138 valence electrons. The highest BCUT2D eigenvalue weighted by Gasteiger charge is 2.31. The average Bonchev–Trinajstić information content (AvgIpc) is 3.37. The summed E-state index contributed by atoms with van der Waals surface area (Å²) < 4.78 is 5.22. The smallest absolute Gasteiger partial charge is 0.273 e. The van der Waals surface area contributed by atoms with Crippen LogP contribution in [0.1, 0.15) is 54.8 Å². The van der Waals surface area contributed by atoms with E-state index in [1.54, 1.807) is 11.0 Å². The largest absolute Gasteiger partial charge is 0.394 e. The number of aliphatic hydroxyl groups is 1. The number of hydrogen-bond donors (Lipinski definition) is 3. The third-order valence-corrected chi connectivity index (χ3v) is 5.17. The molecule has 0 radical (unpaired) electrons. The first-order valence-corrected chi connectivity index (χ1v) is 8.92. The number of carbonyl (C=O) groups excluding carboxylic acids is 2. The van der Waals surface area contributed by atoms with Crippen molar-refractivity contribution in [2.45, 2.75) is 50.6 Å². The van der Waals surface area contributed by atoms with Crippen LogP contribution in [0.15, 0.2) is 10.6 Å². The second kappa shape index (κ2) is 7.53. The Morgan fingerprint density at radius 1 is 1.40 bits per heavy atom. The fraction of sp³-hybridized carbons (Fsp3) is 0.706. The Kier molecular flexibility index (Phi) is 5.39. The Morgan fingerprint density at radius 3 is 2.68 bits per heavy atom. The lowest BCUT2D eigenvalue weighted by Gasteiger charge is -2.35. The molecule has 1 aromatic rings. The molecule has 0 spiro atoms. The lowest BCUT2D eigenvalue weighted by atomic mass is 9.90. The average molecular weight is 350 g/mol. The Bertz CT molecular complexity index is 620. The molecule has 25 heavy (non-hydrogen) atoms. The predicted molar refractivity (Wildman–Crippen MR) is 89.8 cm³/mol. The number of aliphatic hydroxyl groups excluding tert-OH is 1. The molecule has 8 nitrogen and oxygen atoms in total. The summed E-state index contributed by atoms with van der Waals surface area (Å²) in [4.78, 5) is 26.0. The van der Waals surface area contributed by atoms with E-state index in [4.69, 9.17) is 15.4 Å². The molecule has 4 N–H and O–H groups in total. The van der Waals surface area contributed by atoms with Crippen molar-refractivity contribution >= 4 is 11.8 Å². The van der Waals surface area contributed by atoms with Crippen molar-refractivity contribution in [3.05, 3.63) is 17.5 Å². The molecule has 1 aliphatic heterocycles. The number of piperidine rings is 1. The fourth-order valence-corrected chi connectivity index (χ4v) is 3.29. The van der Waals surface area contributed by atoms with E-state index in [1.807, 2.05) is 6.92 Å². The molecule has 8 heteroatoms. The second-order valence-electron chi connectivity index (χ2n) is 7.10. The van der Waals surface area contributed by atoms with E-state index in [-0.39, 0.29) is 30.4 Å². The van der Waals surface area contributed by atoms with Gasteiger partial charge in [0.25, 0.3) is 5.91 Å². The highest BCUT2D eigenvalue weighted by atomic mass is 16.5. The molecule has 2 heterocycles. The van der Waals surface area contributed by atoms with Crippen LogP contribution >= 0.6 is 0 Å². The lowest BCUT2D eigenvalue weighted by Crippen LogP contribution is -2.50. The molecule has 1 aliphatic carbocycles. The summed E-state index contributed by atoms with van der Waals surface area (Å²) in [5.74, 6) is 1.08. The Hall–Kier alpha value is -1.93. The van der Waals surface area contributed by atoms with Crippen molar-refractivity contribution in [1.82, 2.24) is 15.4 Å². The van der Waals surface area contributed by atoms with Crippen LogP contribution in [-0.4, -0.2) is 58.8 Å². The van der Waals surface area contributed by atoms with E-state index in [0.29, 0.717) is 24.7 Å². The molecule has 0 bridgehead atoms. The highest BCUT2D eigenvalue weighted by Crippen LogP contribution is 2.40. The molecule has 2 amide bonds. The minimum absolute atomic E-state index is 0.0163. The van der Waals surface area contributed by atoms with Gasteiger partial charge in [-0.25, -0.2) is 0 Å². The topological polar surface area (TPSA) is 122 Å². The molecule has 1 aromatic heterocycles. The van der Waals surface area contributed by atoms with Crippen molar-refractivity contribution in [2.75, 3.05) is 19.7 Å². The van der Waals surface area contributed by atoms with Crippen LogP contribution in [0.3, 0.4) is 0 Å². The zero-order chi connectivity index (χ0) is 18.0. The molecule has 0 aromatic carbocycles. The van der Waals surface area contributed by atoms with E-state index >= 15 is 0 Å². The summed E-state index contributed by atoms with van der Waals surface area (Å²) in [6, 6.07) is 0.871. The quantitative estimate of drug-likeness (QED) is 0.675. The van der Waals surface area contributed by atoms with Crippen LogP contribution in [0.25, 0.3) is 0 Å². The van der Waals surface area contributed by atoms with E-state index in [2.05, 4.69) is 10.5 Å². The summed E-state index contributed by atoms with van der Waals surface area (Å²) in [5.41, 5.74) is 5.91. The first-order valence-electron chi connectivity index (χ1n) is 8.92. The molecular weight excluding hydrogens is 324 g/mol. The number of likely N-dealkylation sites (tertiary alicyclic amines) is 1. The molecule has 3 rings (SSSR count). The third kappa shape index (κ3) is 4.19. The van der Waals surface area contributed by atoms with E-state index < -0.39 is 6.04 Å². The molecule has 1 saturated heterocycles. The number of nitrogens with zero attached hydrogens (tertiary/aromatic N) is 2. The highest BCUT2D eigenvalue weighted by molar-refractivity contribution is 5.92. The number of hydrogen-bond acceptors (Lipinski definition) is 6. The monoisotopic (exact) mass is 350 g/mol. The van der Waals surface area contributed by atoms with Crippen molar-refractivity contribution in [3.8, 4) is 0 Å². The second-order valence-corrected chi connectivity index (χ2v) is 7.10. The minimum atomic E-state index is -0.846. The van der Waals surface area contributed by atoms with Crippen LogP contribution in [0.2, 0.25) is 0 Å². The first-order chi connectivity index (χ1) is 12.0. The fourth-order valence-electron chi connectivity index (χ4n) is 3.29. The van der Waals surface area contributed by atoms with Gasteiger partial charge in [-0.2, -0.15) is 0 Å². The zero-order valence-electron chi connectivity index (χ0n) is 14.5. The molecule has 2 atom stereocenters. The molecule has 1 unspecified atom stereocenters. The van der Waals surface area contributed by atoms with Gasteiger partial charge in [0.05, 0.1) is 6.61 Å². The summed E-state index contributed by atoms with van der Waals surface area (Å²) >= 11 is 0. The summed E-state index contributed by atoms with van der Waals surface area (Å²) in [6.45, 7) is 2.81. The molecule has 1 saturated carbocycles. The van der Waals surface area contributed by atoms with Crippen molar-refractivity contribution in [2.24, 2.45) is 11.7 Å². The molecular formula is C17H26N4O4. The maximum absolute atomic E-state index is 12.3. The van der Waals surface area contributed by atoms with Crippen molar-refractivity contribution in [1.29, 1.82) is 0 Å². The maximum atomic E-state index is 12.3. The first kappa shape index (κ1) is 17.9. The van der Waals surface area contributed by atoms with Crippen LogP contribution in [0, 0.1) is 5.92 Å². The maximum Gasteiger partial charge on any atom is 0.273 e. The van der Waals surface area contributed by atoms with Crippen LogP contribution < -0.4 is 11.1 Å². The Morgan fingerprint density at radius 2 is 2.08 bits per heavy atom. The van der Waals surface area contributed by atoms with Gasteiger partial charge in [0, 0.05) is 31.1 Å². The normalized spacial score (nSPS) is 21.0. The SMILES string of the molecule is CC(NC(=O)c1cc(C2CC2)on1)C1CCN(C(=O)[C@H](N)CO)CC1. The number of carbonyl (C=O) groups is 2. The van der Waals surface area contributed by atoms with E-state index in [9.17, 15) is 9.59 Å². The van der Waals surface area contributed by atoms with Crippen LogP contribution in [0.5, 0.6) is 0 Å². The zero-order valence-corrected chi connectivity index (χ0v) is 14.5. The summed E-state index contributed by atoms with van der Waals surface area (Å²) in [6.07, 6.45) is 3.78. The van der Waals surface area contributed by atoms with Gasteiger partial charge in [-0.05, 0) is 38.5 Å². The number of nitrogens with one attached hydrogen (secondary N) is 1. The van der Waals surface area contributed by atoms with E-state index in [1.165, 1.54) is 0 Å². The number of aromatic nitrogens is 1. The Labute approximate surface area is 146 Å². The predicted octanol–water partition coefficient (Wildman–Crippen LogP) is 0.229. The molecule has 2 aliphatic rings. The number of nitrogens with two attached hydrogens (primary N) is 1. The van der Waals surface area contributed by atoms with Gasteiger partial charge in [-0.3, -0.25) is 9.59 Å².